The number of halogens is 1. The lowest BCUT2D eigenvalue weighted by Gasteiger charge is -2.17. The summed E-state index contributed by atoms with van der Waals surface area (Å²) in [7, 11) is 1.59. The molecular weight excluding hydrogens is 310 g/mol. The molecule has 0 radical (unpaired) electrons. The van der Waals surface area contributed by atoms with Gasteiger partial charge in [0, 0.05) is 11.1 Å². The summed E-state index contributed by atoms with van der Waals surface area (Å²) in [5, 5.41) is 2.93. The Kier molecular flexibility index (Phi) is 4.82. The van der Waals surface area contributed by atoms with Crippen molar-refractivity contribution in [2.24, 2.45) is 5.92 Å². The van der Waals surface area contributed by atoms with Crippen molar-refractivity contribution in [1.29, 1.82) is 0 Å². The van der Waals surface area contributed by atoms with Gasteiger partial charge in [0.15, 0.2) is 0 Å². The normalized spacial score (nSPS) is 22.3. The molecule has 1 fully saturated rings. The molecule has 2 rings (SSSR count). The number of hydrogen-bond acceptors (Lipinski definition) is 3. The van der Waals surface area contributed by atoms with Crippen LogP contribution in [-0.4, -0.2) is 25.7 Å². The predicted octanol–water partition coefficient (Wildman–Crippen LogP) is 3.21. The van der Waals surface area contributed by atoms with E-state index in [0.29, 0.717) is 18.0 Å². The highest BCUT2D eigenvalue weighted by Crippen LogP contribution is 2.30. The van der Waals surface area contributed by atoms with Gasteiger partial charge in [0.1, 0.15) is 5.75 Å². The first-order valence-electron chi connectivity index (χ1n) is 6.41. The maximum absolute atomic E-state index is 12.3. The second-order valence-electron chi connectivity index (χ2n) is 4.55. The Bertz CT molecular complexity index is 464. The largest absolute Gasteiger partial charge is 0.495 e. The van der Waals surface area contributed by atoms with Crippen LogP contribution in [0.15, 0.2) is 22.7 Å². The fourth-order valence-electron chi connectivity index (χ4n) is 2.35. The number of carbonyl (C=O) groups excluding carboxylic acids is 1. The minimum atomic E-state index is -0.0753. The second kappa shape index (κ2) is 6.39. The van der Waals surface area contributed by atoms with E-state index in [1.807, 2.05) is 25.1 Å². The van der Waals surface area contributed by atoms with Gasteiger partial charge in [0.2, 0.25) is 5.91 Å². The van der Waals surface area contributed by atoms with Crippen LogP contribution in [0.3, 0.4) is 0 Å². The van der Waals surface area contributed by atoms with Crippen molar-refractivity contribution >= 4 is 27.5 Å². The minimum Gasteiger partial charge on any atom is -0.495 e. The molecule has 1 aliphatic rings. The number of hydrogen-bond donors (Lipinski definition) is 1. The first-order valence-corrected chi connectivity index (χ1v) is 7.21. The molecule has 1 aromatic rings. The molecule has 0 aliphatic carbocycles. The molecule has 5 heteroatoms. The number of methoxy groups -OCH3 is 1. The van der Waals surface area contributed by atoms with Crippen LogP contribution in [0.4, 0.5) is 5.69 Å². The van der Waals surface area contributed by atoms with Crippen molar-refractivity contribution in [2.45, 2.75) is 25.9 Å². The van der Waals surface area contributed by atoms with E-state index in [-0.39, 0.29) is 17.9 Å². The van der Waals surface area contributed by atoms with Crippen LogP contribution in [0.25, 0.3) is 0 Å². The molecule has 0 saturated carbocycles. The highest BCUT2D eigenvalue weighted by Gasteiger charge is 2.33. The number of benzene rings is 1. The Hall–Kier alpha value is -1.07. The molecule has 2 unspecified atom stereocenters. The van der Waals surface area contributed by atoms with Gasteiger partial charge in [-0.25, -0.2) is 0 Å². The van der Waals surface area contributed by atoms with Crippen molar-refractivity contribution in [1.82, 2.24) is 0 Å². The molecule has 1 saturated heterocycles. The fourth-order valence-corrected chi connectivity index (χ4v) is 2.72. The zero-order valence-corrected chi connectivity index (χ0v) is 12.7. The molecule has 0 bridgehead atoms. The first-order chi connectivity index (χ1) is 9.15. The van der Waals surface area contributed by atoms with E-state index in [4.69, 9.17) is 9.47 Å². The van der Waals surface area contributed by atoms with Crippen molar-refractivity contribution in [2.75, 3.05) is 19.0 Å². The standard InChI is InChI=1S/C14H18BrNO3/c1-3-12-10(6-7-19-12)14(17)16-11-8-9(15)4-5-13(11)18-2/h4-5,8,10,12H,3,6-7H2,1-2H3,(H,16,17). The minimum absolute atomic E-state index is 0.000694. The highest BCUT2D eigenvalue weighted by molar-refractivity contribution is 9.10. The van der Waals surface area contributed by atoms with Gasteiger partial charge < -0.3 is 14.8 Å². The zero-order chi connectivity index (χ0) is 13.8. The van der Waals surface area contributed by atoms with Gasteiger partial charge in [-0.1, -0.05) is 22.9 Å². The average Bonchev–Trinajstić information content (AvgIpc) is 2.87. The lowest BCUT2D eigenvalue weighted by Crippen LogP contribution is -2.29. The number of nitrogens with one attached hydrogen (secondary N) is 1. The topological polar surface area (TPSA) is 47.6 Å². The summed E-state index contributed by atoms with van der Waals surface area (Å²) in [4.78, 5) is 12.3. The van der Waals surface area contributed by atoms with E-state index in [9.17, 15) is 4.79 Å². The summed E-state index contributed by atoms with van der Waals surface area (Å²) in [5.74, 6) is 0.581. The van der Waals surface area contributed by atoms with Gasteiger partial charge in [-0.15, -0.1) is 0 Å². The van der Waals surface area contributed by atoms with Crippen LogP contribution in [0.2, 0.25) is 0 Å². The van der Waals surface area contributed by atoms with Gasteiger partial charge in [-0.05, 0) is 31.0 Å². The van der Waals surface area contributed by atoms with Gasteiger partial charge in [0.05, 0.1) is 24.8 Å². The summed E-state index contributed by atoms with van der Waals surface area (Å²) in [6.07, 6.45) is 1.66. The molecular formula is C14H18BrNO3. The third kappa shape index (κ3) is 3.28. The van der Waals surface area contributed by atoms with E-state index >= 15 is 0 Å². The maximum Gasteiger partial charge on any atom is 0.230 e. The summed E-state index contributed by atoms with van der Waals surface area (Å²) in [6.45, 7) is 2.70. The van der Waals surface area contributed by atoms with E-state index in [2.05, 4.69) is 21.2 Å². The molecule has 104 valence electrons. The highest BCUT2D eigenvalue weighted by atomic mass is 79.9. The Morgan fingerprint density at radius 2 is 2.37 bits per heavy atom. The predicted molar refractivity (Wildman–Crippen MR) is 77.5 cm³/mol. The lowest BCUT2D eigenvalue weighted by atomic mass is 9.98. The number of carbonyl (C=O) groups is 1. The second-order valence-corrected chi connectivity index (χ2v) is 5.46. The third-order valence-electron chi connectivity index (χ3n) is 3.37. The molecule has 1 heterocycles. The van der Waals surface area contributed by atoms with Crippen LogP contribution < -0.4 is 10.1 Å². The van der Waals surface area contributed by atoms with Crippen molar-refractivity contribution in [3.05, 3.63) is 22.7 Å². The monoisotopic (exact) mass is 327 g/mol. The first kappa shape index (κ1) is 14.3. The molecule has 19 heavy (non-hydrogen) atoms. The lowest BCUT2D eigenvalue weighted by molar-refractivity contribution is -0.121. The van der Waals surface area contributed by atoms with Gasteiger partial charge in [-0.3, -0.25) is 4.79 Å². The van der Waals surface area contributed by atoms with Crippen molar-refractivity contribution in [3.63, 3.8) is 0 Å². The smallest absolute Gasteiger partial charge is 0.230 e. The number of amides is 1. The summed E-state index contributed by atoms with van der Waals surface area (Å²) in [6, 6.07) is 5.54. The average molecular weight is 328 g/mol. The Morgan fingerprint density at radius 3 is 3.05 bits per heavy atom. The molecule has 1 aliphatic heterocycles. The molecule has 2 atom stereocenters. The molecule has 1 aromatic carbocycles. The number of anilines is 1. The summed E-state index contributed by atoms with van der Waals surface area (Å²) in [5.41, 5.74) is 0.684. The van der Waals surface area contributed by atoms with E-state index in [0.717, 1.165) is 17.3 Å². The SMILES string of the molecule is CCC1OCCC1C(=O)Nc1cc(Br)ccc1OC. The van der Waals surface area contributed by atoms with E-state index < -0.39 is 0 Å². The molecule has 1 N–H and O–H groups in total. The van der Waals surface area contributed by atoms with Crippen LogP contribution in [-0.2, 0) is 9.53 Å². The third-order valence-corrected chi connectivity index (χ3v) is 3.86. The molecule has 0 aromatic heterocycles. The quantitative estimate of drug-likeness (QED) is 0.923. The zero-order valence-electron chi connectivity index (χ0n) is 11.1. The Balaban J connectivity index is 2.12. The van der Waals surface area contributed by atoms with Gasteiger partial charge in [0.25, 0.3) is 0 Å². The molecule has 0 spiro atoms. The number of rotatable bonds is 4. The van der Waals surface area contributed by atoms with Crippen molar-refractivity contribution in [3.8, 4) is 5.75 Å². The number of ether oxygens (including phenoxy) is 2. The van der Waals surface area contributed by atoms with Crippen molar-refractivity contribution < 1.29 is 14.3 Å². The summed E-state index contributed by atoms with van der Waals surface area (Å²) >= 11 is 3.39. The molecule has 1 amide bonds. The van der Waals surface area contributed by atoms with Gasteiger partial charge >= 0.3 is 0 Å². The maximum atomic E-state index is 12.3. The summed E-state index contributed by atoms with van der Waals surface area (Å²) < 4.78 is 11.7. The Morgan fingerprint density at radius 1 is 1.58 bits per heavy atom. The van der Waals surface area contributed by atoms with Crippen LogP contribution in [0.5, 0.6) is 5.75 Å². The Labute approximate surface area is 121 Å². The fraction of sp³-hybridized carbons (Fsp3) is 0.500. The van der Waals surface area contributed by atoms with E-state index in [1.165, 1.54) is 0 Å². The molecule has 4 nitrogen and oxygen atoms in total. The van der Waals surface area contributed by atoms with Crippen LogP contribution in [0, 0.1) is 5.92 Å². The van der Waals surface area contributed by atoms with Gasteiger partial charge in [-0.2, -0.15) is 0 Å². The van der Waals surface area contributed by atoms with Crippen LogP contribution in [0.1, 0.15) is 19.8 Å². The van der Waals surface area contributed by atoms with Crippen LogP contribution >= 0.6 is 15.9 Å². The van der Waals surface area contributed by atoms with E-state index in [1.54, 1.807) is 7.11 Å².